The summed E-state index contributed by atoms with van der Waals surface area (Å²) in [6.45, 7) is 7.35. The zero-order chi connectivity index (χ0) is 23.0. The first-order valence-electron chi connectivity index (χ1n) is 9.85. The minimum atomic E-state index is -3.86. The number of hydrogen-bond acceptors (Lipinski definition) is 7. The van der Waals surface area contributed by atoms with Crippen LogP contribution in [0.15, 0.2) is 50.3 Å². The molecule has 32 heavy (non-hydrogen) atoms. The standard InChI is InChI=1S/C22H22N4O5S/c1-12-9-13(2)21-18(25-30-19(21)10-12)11-20(27)23-16-5-7-17(8-6-16)32(28,29)26-22-14(3)15(4)24-31-22/h5-10,26H,11H2,1-4H3,(H,23,27). The summed E-state index contributed by atoms with van der Waals surface area (Å²) in [6, 6.07) is 9.71. The maximum Gasteiger partial charge on any atom is 0.264 e. The van der Waals surface area contributed by atoms with E-state index in [-0.39, 0.29) is 23.1 Å². The van der Waals surface area contributed by atoms with Crippen molar-refractivity contribution in [3.05, 3.63) is 64.5 Å². The monoisotopic (exact) mass is 454 g/mol. The third kappa shape index (κ3) is 4.22. The van der Waals surface area contributed by atoms with Crippen molar-refractivity contribution in [1.82, 2.24) is 10.3 Å². The number of anilines is 2. The van der Waals surface area contributed by atoms with E-state index < -0.39 is 10.0 Å². The van der Waals surface area contributed by atoms with Crippen LogP contribution < -0.4 is 10.0 Å². The summed E-state index contributed by atoms with van der Waals surface area (Å²) < 4.78 is 37.9. The van der Waals surface area contributed by atoms with E-state index in [1.165, 1.54) is 24.3 Å². The molecule has 0 aliphatic rings. The van der Waals surface area contributed by atoms with Gasteiger partial charge in [-0.2, -0.15) is 0 Å². The topological polar surface area (TPSA) is 127 Å². The Hall–Kier alpha value is -3.66. The minimum absolute atomic E-state index is 0.0254. The third-order valence-corrected chi connectivity index (χ3v) is 6.49. The minimum Gasteiger partial charge on any atom is -0.356 e. The molecule has 166 valence electrons. The lowest BCUT2D eigenvalue weighted by molar-refractivity contribution is -0.115. The molecule has 4 aromatic rings. The summed E-state index contributed by atoms with van der Waals surface area (Å²) in [5, 5.41) is 11.4. The number of benzene rings is 2. The summed E-state index contributed by atoms with van der Waals surface area (Å²) >= 11 is 0. The Balaban J connectivity index is 1.46. The molecule has 10 heteroatoms. The summed E-state index contributed by atoms with van der Waals surface area (Å²) in [6.07, 6.45) is 0.0304. The van der Waals surface area contributed by atoms with Crippen LogP contribution in [0.4, 0.5) is 11.6 Å². The van der Waals surface area contributed by atoms with Gasteiger partial charge in [0.2, 0.25) is 11.8 Å². The number of aryl methyl sites for hydroxylation is 3. The number of hydrogen-bond donors (Lipinski definition) is 2. The van der Waals surface area contributed by atoms with Crippen molar-refractivity contribution in [2.24, 2.45) is 0 Å². The van der Waals surface area contributed by atoms with E-state index >= 15 is 0 Å². The van der Waals surface area contributed by atoms with E-state index in [0.29, 0.717) is 28.2 Å². The summed E-state index contributed by atoms with van der Waals surface area (Å²) in [4.78, 5) is 12.5. The van der Waals surface area contributed by atoms with E-state index in [1.54, 1.807) is 13.8 Å². The van der Waals surface area contributed by atoms with Crippen LogP contribution in [0.25, 0.3) is 11.0 Å². The van der Waals surface area contributed by atoms with Crippen LogP contribution in [0.3, 0.4) is 0 Å². The highest BCUT2D eigenvalue weighted by Crippen LogP contribution is 2.25. The number of nitrogens with zero attached hydrogens (tertiary/aromatic N) is 2. The van der Waals surface area contributed by atoms with Gasteiger partial charge in [0.1, 0.15) is 5.69 Å². The smallest absolute Gasteiger partial charge is 0.264 e. The molecule has 2 N–H and O–H groups in total. The van der Waals surface area contributed by atoms with Gasteiger partial charge in [-0.15, -0.1) is 0 Å². The summed E-state index contributed by atoms with van der Waals surface area (Å²) in [5.74, 6) is -0.216. The predicted molar refractivity (Wildman–Crippen MR) is 119 cm³/mol. The van der Waals surface area contributed by atoms with Gasteiger partial charge < -0.3 is 14.4 Å². The molecule has 0 fully saturated rings. The first-order valence-corrected chi connectivity index (χ1v) is 11.3. The highest BCUT2D eigenvalue weighted by molar-refractivity contribution is 7.92. The fourth-order valence-corrected chi connectivity index (χ4v) is 4.45. The van der Waals surface area contributed by atoms with Gasteiger partial charge in [0.25, 0.3) is 10.0 Å². The normalized spacial score (nSPS) is 11.6. The largest absolute Gasteiger partial charge is 0.356 e. The maximum atomic E-state index is 12.6. The van der Waals surface area contributed by atoms with Gasteiger partial charge in [-0.05, 0) is 69.2 Å². The van der Waals surface area contributed by atoms with Crippen LogP contribution in [-0.2, 0) is 21.2 Å². The molecule has 4 rings (SSSR count). The van der Waals surface area contributed by atoms with E-state index in [9.17, 15) is 13.2 Å². The van der Waals surface area contributed by atoms with Crippen molar-refractivity contribution < 1.29 is 22.3 Å². The van der Waals surface area contributed by atoms with Crippen molar-refractivity contribution in [3.63, 3.8) is 0 Å². The Labute approximate surface area is 184 Å². The molecule has 0 saturated carbocycles. The Morgan fingerprint density at radius 3 is 2.38 bits per heavy atom. The van der Waals surface area contributed by atoms with Gasteiger partial charge in [0.05, 0.1) is 17.0 Å². The van der Waals surface area contributed by atoms with Gasteiger partial charge in [0.15, 0.2) is 5.58 Å². The Morgan fingerprint density at radius 2 is 1.72 bits per heavy atom. The molecule has 9 nitrogen and oxygen atoms in total. The number of aromatic nitrogens is 2. The molecule has 2 heterocycles. The number of fused-ring (bicyclic) bond motifs is 1. The first kappa shape index (κ1) is 21.6. The van der Waals surface area contributed by atoms with Gasteiger partial charge in [-0.25, -0.2) is 13.1 Å². The van der Waals surface area contributed by atoms with Gasteiger partial charge in [-0.3, -0.25) is 4.79 Å². The molecule has 0 radical (unpaired) electrons. The van der Waals surface area contributed by atoms with Crippen LogP contribution in [0.1, 0.15) is 28.1 Å². The maximum absolute atomic E-state index is 12.6. The number of carbonyl (C=O) groups is 1. The number of carbonyl (C=O) groups excluding carboxylic acids is 1. The van der Waals surface area contributed by atoms with Crippen molar-refractivity contribution in [2.75, 3.05) is 10.0 Å². The summed E-state index contributed by atoms with van der Waals surface area (Å²) in [7, 11) is -3.86. The molecule has 0 unspecified atom stereocenters. The van der Waals surface area contributed by atoms with Gasteiger partial charge in [-0.1, -0.05) is 16.4 Å². The van der Waals surface area contributed by atoms with Crippen LogP contribution in [-0.4, -0.2) is 24.6 Å². The molecule has 0 aliphatic heterocycles. The molecule has 2 aromatic heterocycles. The second-order valence-corrected chi connectivity index (χ2v) is 9.34. The molecule has 0 bridgehead atoms. The Morgan fingerprint density at radius 1 is 1.00 bits per heavy atom. The lowest BCUT2D eigenvalue weighted by atomic mass is 10.0. The Bertz CT molecular complexity index is 1420. The van der Waals surface area contributed by atoms with Crippen molar-refractivity contribution in [1.29, 1.82) is 0 Å². The summed E-state index contributed by atoms with van der Waals surface area (Å²) in [5.41, 5.74) is 4.92. The zero-order valence-corrected chi connectivity index (χ0v) is 18.8. The van der Waals surface area contributed by atoms with Crippen molar-refractivity contribution in [2.45, 2.75) is 39.0 Å². The number of nitrogens with one attached hydrogen (secondary N) is 2. The highest BCUT2D eigenvalue weighted by Gasteiger charge is 2.20. The molecule has 0 aliphatic carbocycles. The fraction of sp³-hybridized carbons (Fsp3) is 0.227. The zero-order valence-electron chi connectivity index (χ0n) is 18.0. The molecular formula is C22H22N4O5S. The molecule has 0 spiro atoms. The average molecular weight is 455 g/mol. The Kier molecular flexibility index (Phi) is 5.47. The van der Waals surface area contributed by atoms with E-state index in [0.717, 1.165) is 16.5 Å². The van der Waals surface area contributed by atoms with E-state index in [2.05, 4.69) is 20.4 Å². The molecule has 2 aromatic carbocycles. The fourth-order valence-electron chi connectivity index (χ4n) is 3.41. The van der Waals surface area contributed by atoms with E-state index in [4.69, 9.17) is 9.05 Å². The lowest BCUT2D eigenvalue weighted by Crippen LogP contribution is -2.16. The second-order valence-electron chi connectivity index (χ2n) is 7.66. The highest BCUT2D eigenvalue weighted by atomic mass is 32.2. The number of rotatable bonds is 6. The number of sulfonamides is 1. The molecule has 0 atom stereocenters. The van der Waals surface area contributed by atoms with Gasteiger partial charge in [0, 0.05) is 16.6 Å². The molecule has 0 saturated heterocycles. The predicted octanol–water partition coefficient (Wildman–Crippen LogP) is 4.03. The second kappa shape index (κ2) is 8.12. The van der Waals surface area contributed by atoms with Gasteiger partial charge >= 0.3 is 0 Å². The average Bonchev–Trinajstić information content (AvgIpc) is 3.26. The van der Waals surface area contributed by atoms with Crippen LogP contribution >= 0.6 is 0 Å². The molecule has 1 amide bonds. The van der Waals surface area contributed by atoms with Crippen molar-refractivity contribution in [3.8, 4) is 0 Å². The number of amides is 1. The SMILES string of the molecule is Cc1cc(C)c2c(CC(=O)Nc3ccc(S(=O)(=O)Nc4onc(C)c4C)cc3)noc2c1. The van der Waals surface area contributed by atoms with Crippen LogP contribution in [0.5, 0.6) is 0 Å². The van der Waals surface area contributed by atoms with Crippen LogP contribution in [0, 0.1) is 27.7 Å². The first-order chi connectivity index (χ1) is 15.1. The van der Waals surface area contributed by atoms with Crippen molar-refractivity contribution >= 4 is 38.5 Å². The quantitative estimate of drug-likeness (QED) is 0.450. The van der Waals surface area contributed by atoms with E-state index in [1.807, 2.05) is 26.0 Å². The van der Waals surface area contributed by atoms with Crippen LogP contribution in [0.2, 0.25) is 0 Å². The lowest BCUT2D eigenvalue weighted by Gasteiger charge is -2.08. The third-order valence-electron chi connectivity index (χ3n) is 5.15. The molecular weight excluding hydrogens is 432 g/mol.